The highest BCUT2D eigenvalue weighted by molar-refractivity contribution is 7.47. The number of phosphoric ester groups is 2. The van der Waals surface area contributed by atoms with Crippen LogP contribution in [-0.2, 0) is 65.4 Å². The number of phosphoric acid groups is 2. The van der Waals surface area contributed by atoms with E-state index in [9.17, 15) is 43.2 Å². The lowest BCUT2D eigenvalue weighted by Crippen LogP contribution is -2.30. The molecule has 0 saturated heterocycles. The summed E-state index contributed by atoms with van der Waals surface area (Å²) in [6, 6.07) is 0. The Hall–Kier alpha value is -4.28. The van der Waals surface area contributed by atoms with E-state index in [1.807, 2.05) is 0 Å². The Morgan fingerprint density at radius 2 is 0.490 bits per heavy atom. The minimum absolute atomic E-state index is 0.0761. The normalized spacial score (nSPS) is 14.4. The Balaban J connectivity index is 5.38. The van der Waals surface area contributed by atoms with Gasteiger partial charge in [0.05, 0.1) is 26.4 Å². The highest BCUT2D eigenvalue weighted by Gasteiger charge is 2.30. The van der Waals surface area contributed by atoms with Gasteiger partial charge >= 0.3 is 39.5 Å². The molecule has 0 spiro atoms. The molecule has 0 rings (SSSR count). The quantitative estimate of drug-likeness (QED) is 0.0169. The van der Waals surface area contributed by atoms with Gasteiger partial charge in [0.1, 0.15) is 19.3 Å². The highest BCUT2D eigenvalue weighted by Crippen LogP contribution is 2.45. The third kappa shape index (κ3) is 75.9. The standard InChI is InChI=1S/C85H148O17P2/c1-5-9-13-17-21-25-29-33-35-37-39-41-43-47-50-54-58-62-66-70-83(88)96-76-81(102-85(90)72-68-64-60-56-52-48-44-42-40-38-36-34-30-26-22-18-14-10-6-2)78-100-104(93,94)98-74-79(86)73-97-103(91,92)99-77-80(101-84(89)71-67-63-59-55-51-46-32-28-24-20-16-12-8-4)75-95-82(87)69-65-61-57-53-49-45-31-27-23-19-15-11-7-3/h15,19,21-22,25-28,31-36,39-42,79-81,86H,5-14,16-18,20,23-24,29-30,37-38,43-78H2,1-4H3,(H,91,92)(H,93,94)/b19-15-,25-21-,26-22-,31-27-,32-28-,35-33-,36-34-,41-39-,42-40-. The fourth-order valence-electron chi connectivity index (χ4n) is 10.9. The van der Waals surface area contributed by atoms with Gasteiger partial charge in [-0.2, -0.15) is 0 Å². The SMILES string of the molecule is CCC/C=C\C/C=C\CCCCCCCC(=O)OCC(COP(=O)(O)OCC(O)COP(=O)(O)OCC(COC(=O)CCCCCCCC/C=C\C/C=C\C/C=C\CCCCC)OC(=O)CCCCCCCC/C=C\C/C=C\C/C=C\CCCCC)OC(=O)CCCCCCC/C=C\CCCCCC. The number of allylic oxidation sites excluding steroid dienone is 18. The minimum atomic E-state index is -4.99. The predicted octanol–water partition coefficient (Wildman–Crippen LogP) is 24.1. The number of carbonyl (C=O) groups excluding carboxylic acids is 4. The Morgan fingerprint density at radius 1 is 0.269 bits per heavy atom. The minimum Gasteiger partial charge on any atom is -0.462 e. The molecule has 0 fully saturated rings. The molecule has 0 aromatic rings. The summed E-state index contributed by atoms with van der Waals surface area (Å²) < 4.78 is 68.6. The molecular weight excluding hydrogens is 1350 g/mol. The van der Waals surface area contributed by atoms with Crippen LogP contribution < -0.4 is 0 Å². The number of unbranched alkanes of at least 4 members (excludes halogenated alkanes) is 33. The number of aliphatic hydroxyl groups is 1. The van der Waals surface area contributed by atoms with Crippen molar-refractivity contribution < 1.29 is 80.2 Å². The molecule has 17 nitrogen and oxygen atoms in total. The molecule has 600 valence electrons. The van der Waals surface area contributed by atoms with Crippen LogP contribution in [0.25, 0.3) is 0 Å². The van der Waals surface area contributed by atoms with Crippen LogP contribution in [0.3, 0.4) is 0 Å². The van der Waals surface area contributed by atoms with Crippen LogP contribution in [0.15, 0.2) is 109 Å². The van der Waals surface area contributed by atoms with Gasteiger partial charge in [0, 0.05) is 25.7 Å². The maximum absolute atomic E-state index is 13.1. The van der Waals surface area contributed by atoms with E-state index in [0.717, 1.165) is 205 Å². The molecule has 104 heavy (non-hydrogen) atoms. The lowest BCUT2D eigenvalue weighted by molar-refractivity contribution is -0.161. The molecule has 0 aliphatic heterocycles. The van der Waals surface area contributed by atoms with Gasteiger partial charge in [-0.1, -0.05) is 278 Å². The second-order valence-corrected chi connectivity index (χ2v) is 30.3. The van der Waals surface area contributed by atoms with Crippen molar-refractivity contribution in [1.82, 2.24) is 0 Å². The summed E-state index contributed by atoms with van der Waals surface area (Å²) in [5.74, 6) is -2.21. The summed E-state index contributed by atoms with van der Waals surface area (Å²) in [6.07, 6.45) is 83.4. The molecule has 5 atom stereocenters. The number of carbonyl (C=O) groups is 4. The van der Waals surface area contributed by atoms with Gasteiger partial charge in [-0.3, -0.25) is 37.3 Å². The predicted molar refractivity (Wildman–Crippen MR) is 427 cm³/mol. The molecule has 3 N–H and O–H groups in total. The Morgan fingerprint density at radius 3 is 0.788 bits per heavy atom. The van der Waals surface area contributed by atoms with Gasteiger partial charge in [-0.25, -0.2) is 9.13 Å². The number of rotatable bonds is 77. The van der Waals surface area contributed by atoms with E-state index in [0.29, 0.717) is 25.7 Å². The molecule has 0 radical (unpaired) electrons. The average Bonchev–Trinajstić information content (AvgIpc) is 0.934. The summed E-state index contributed by atoms with van der Waals surface area (Å²) in [7, 11) is -9.97. The fraction of sp³-hybridized carbons (Fsp3) is 0.741. The summed E-state index contributed by atoms with van der Waals surface area (Å²) in [5.41, 5.74) is 0. The summed E-state index contributed by atoms with van der Waals surface area (Å²) in [5, 5.41) is 10.6. The van der Waals surface area contributed by atoms with Crippen LogP contribution >= 0.6 is 15.6 Å². The van der Waals surface area contributed by atoms with Crippen molar-refractivity contribution in [2.45, 2.75) is 367 Å². The summed E-state index contributed by atoms with van der Waals surface area (Å²) in [6.45, 7) is 4.72. The number of hydrogen-bond donors (Lipinski definition) is 3. The first-order valence-corrected chi connectivity index (χ1v) is 44.1. The van der Waals surface area contributed by atoms with E-state index in [2.05, 4.69) is 137 Å². The van der Waals surface area contributed by atoms with E-state index >= 15 is 0 Å². The number of aliphatic hydroxyl groups excluding tert-OH is 1. The molecular formula is C85H148O17P2. The fourth-order valence-corrected chi connectivity index (χ4v) is 12.4. The van der Waals surface area contributed by atoms with Crippen LogP contribution in [-0.4, -0.2) is 96.7 Å². The van der Waals surface area contributed by atoms with Crippen LogP contribution in [0.5, 0.6) is 0 Å². The Labute approximate surface area is 632 Å². The van der Waals surface area contributed by atoms with E-state index in [1.165, 1.54) is 64.2 Å². The van der Waals surface area contributed by atoms with E-state index in [4.69, 9.17) is 37.0 Å². The van der Waals surface area contributed by atoms with Crippen molar-refractivity contribution in [2.24, 2.45) is 0 Å². The number of ether oxygens (including phenoxy) is 4. The van der Waals surface area contributed by atoms with E-state index in [-0.39, 0.29) is 25.7 Å². The zero-order chi connectivity index (χ0) is 76.0. The maximum Gasteiger partial charge on any atom is 0.472 e. The van der Waals surface area contributed by atoms with Crippen molar-refractivity contribution in [3.05, 3.63) is 109 Å². The van der Waals surface area contributed by atoms with Crippen molar-refractivity contribution >= 4 is 39.5 Å². The Bertz CT molecular complexity index is 2390. The maximum atomic E-state index is 13.1. The Kier molecular flexibility index (Phi) is 73.7. The van der Waals surface area contributed by atoms with Gasteiger partial charge in [0.25, 0.3) is 0 Å². The smallest absolute Gasteiger partial charge is 0.462 e. The molecule has 5 unspecified atom stereocenters. The van der Waals surface area contributed by atoms with E-state index < -0.39 is 97.5 Å². The largest absolute Gasteiger partial charge is 0.472 e. The van der Waals surface area contributed by atoms with Crippen molar-refractivity contribution in [1.29, 1.82) is 0 Å². The lowest BCUT2D eigenvalue weighted by Gasteiger charge is -2.21. The molecule has 0 heterocycles. The van der Waals surface area contributed by atoms with Crippen molar-refractivity contribution in [3.63, 3.8) is 0 Å². The highest BCUT2D eigenvalue weighted by atomic mass is 31.2. The molecule has 19 heteroatoms. The first-order chi connectivity index (χ1) is 50.7. The average molecular weight is 1500 g/mol. The molecule has 0 aromatic carbocycles. The summed E-state index contributed by atoms with van der Waals surface area (Å²) in [4.78, 5) is 73.1. The molecule has 0 bridgehead atoms. The van der Waals surface area contributed by atoms with Gasteiger partial charge in [0.15, 0.2) is 12.2 Å². The third-order valence-electron chi connectivity index (χ3n) is 17.2. The van der Waals surface area contributed by atoms with Gasteiger partial charge in [-0.05, 0) is 154 Å². The second kappa shape index (κ2) is 76.9. The molecule has 0 saturated carbocycles. The zero-order valence-electron chi connectivity index (χ0n) is 65.7. The molecule has 0 amide bonds. The first-order valence-electron chi connectivity index (χ1n) is 41.1. The van der Waals surface area contributed by atoms with Crippen LogP contribution in [0.4, 0.5) is 0 Å². The monoisotopic (exact) mass is 1500 g/mol. The number of esters is 4. The van der Waals surface area contributed by atoms with Gasteiger partial charge in [-0.15, -0.1) is 0 Å². The van der Waals surface area contributed by atoms with Crippen LogP contribution in [0.1, 0.15) is 349 Å². The topological polar surface area (TPSA) is 237 Å². The summed E-state index contributed by atoms with van der Waals surface area (Å²) >= 11 is 0. The zero-order valence-corrected chi connectivity index (χ0v) is 67.5. The van der Waals surface area contributed by atoms with Gasteiger partial charge < -0.3 is 33.8 Å². The molecule has 0 aliphatic carbocycles. The molecule has 0 aromatic heterocycles. The number of hydrogen-bond acceptors (Lipinski definition) is 15. The van der Waals surface area contributed by atoms with Gasteiger partial charge in [0.2, 0.25) is 0 Å². The molecule has 0 aliphatic rings. The second-order valence-electron chi connectivity index (χ2n) is 27.3. The van der Waals surface area contributed by atoms with Crippen LogP contribution in [0, 0.1) is 0 Å². The lowest BCUT2D eigenvalue weighted by atomic mass is 10.1. The van der Waals surface area contributed by atoms with Crippen LogP contribution in [0.2, 0.25) is 0 Å². The van der Waals surface area contributed by atoms with Crippen molar-refractivity contribution in [2.75, 3.05) is 39.6 Å². The third-order valence-corrected chi connectivity index (χ3v) is 19.1. The first kappa shape index (κ1) is 99.7. The van der Waals surface area contributed by atoms with Crippen molar-refractivity contribution in [3.8, 4) is 0 Å². The van der Waals surface area contributed by atoms with E-state index in [1.54, 1.807) is 0 Å².